The van der Waals surface area contributed by atoms with Crippen LogP contribution < -0.4 is 4.90 Å². The molecule has 0 aliphatic heterocycles. The van der Waals surface area contributed by atoms with E-state index in [1.807, 2.05) is 11.3 Å². The summed E-state index contributed by atoms with van der Waals surface area (Å²) in [5.74, 6) is 0. The summed E-state index contributed by atoms with van der Waals surface area (Å²) in [5.41, 5.74) is 9.34. The van der Waals surface area contributed by atoms with E-state index in [0.29, 0.717) is 0 Å². The highest BCUT2D eigenvalue weighted by Gasteiger charge is 2.19. The number of hydrogen-bond donors (Lipinski definition) is 0. The minimum atomic E-state index is 1.12. The van der Waals surface area contributed by atoms with Crippen molar-refractivity contribution in [1.29, 1.82) is 0 Å². The van der Waals surface area contributed by atoms with Crippen molar-refractivity contribution in [3.63, 3.8) is 0 Å². The molecule has 8 aromatic carbocycles. The molecule has 0 atom stereocenters. The summed E-state index contributed by atoms with van der Waals surface area (Å²) in [7, 11) is 0. The van der Waals surface area contributed by atoms with Gasteiger partial charge in [-0.3, -0.25) is 0 Å². The lowest BCUT2D eigenvalue weighted by atomic mass is 10.0. The molecule has 49 heavy (non-hydrogen) atoms. The van der Waals surface area contributed by atoms with Crippen molar-refractivity contribution >= 4 is 81.1 Å². The van der Waals surface area contributed by atoms with E-state index < -0.39 is 0 Å². The third kappa shape index (κ3) is 4.62. The maximum atomic E-state index is 2.42. The maximum Gasteiger partial charge on any atom is 0.0542 e. The largest absolute Gasteiger partial charge is 0.310 e. The molecule has 0 amide bonds. The van der Waals surface area contributed by atoms with Crippen LogP contribution in [0.4, 0.5) is 17.1 Å². The average Bonchev–Trinajstić information content (AvgIpc) is 3.69. The van der Waals surface area contributed by atoms with Crippen LogP contribution >= 0.6 is 11.3 Å². The van der Waals surface area contributed by atoms with Gasteiger partial charge in [0.2, 0.25) is 0 Å². The van der Waals surface area contributed by atoms with Crippen molar-refractivity contribution in [3.8, 4) is 16.8 Å². The Morgan fingerprint density at radius 3 is 1.82 bits per heavy atom. The van der Waals surface area contributed by atoms with Crippen LogP contribution in [0.3, 0.4) is 0 Å². The van der Waals surface area contributed by atoms with Gasteiger partial charge in [-0.05, 0) is 101 Å². The van der Waals surface area contributed by atoms with Gasteiger partial charge in [0.15, 0.2) is 0 Å². The fourth-order valence-corrected chi connectivity index (χ4v) is 8.56. The third-order valence-electron chi connectivity index (χ3n) is 9.72. The van der Waals surface area contributed by atoms with Crippen LogP contribution in [0.25, 0.3) is 69.6 Å². The zero-order chi connectivity index (χ0) is 32.3. The summed E-state index contributed by atoms with van der Waals surface area (Å²) in [5, 5.41) is 7.62. The molecule has 0 saturated heterocycles. The van der Waals surface area contributed by atoms with Crippen LogP contribution in [0.5, 0.6) is 0 Å². The van der Waals surface area contributed by atoms with E-state index >= 15 is 0 Å². The molecule has 10 rings (SSSR count). The number of anilines is 3. The van der Waals surface area contributed by atoms with Crippen molar-refractivity contribution in [2.45, 2.75) is 0 Å². The Balaban J connectivity index is 1.22. The molecule has 2 aromatic heterocycles. The lowest BCUT2D eigenvalue weighted by Crippen LogP contribution is -2.10. The monoisotopic (exact) mass is 642 g/mol. The van der Waals surface area contributed by atoms with Crippen LogP contribution in [0.2, 0.25) is 0 Å². The van der Waals surface area contributed by atoms with E-state index in [0.717, 1.165) is 22.7 Å². The van der Waals surface area contributed by atoms with Gasteiger partial charge in [-0.1, -0.05) is 103 Å². The summed E-state index contributed by atoms with van der Waals surface area (Å²) in [6.07, 6.45) is 0. The van der Waals surface area contributed by atoms with Gasteiger partial charge >= 0.3 is 0 Å². The Morgan fingerprint density at radius 1 is 0.367 bits per heavy atom. The summed E-state index contributed by atoms with van der Waals surface area (Å²) < 4.78 is 5.00. The zero-order valence-electron chi connectivity index (χ0n) is 26.6. The second kappa shape index (κ2) is 11.2. The first-order valence-corrected chi connectivity index (χ1v) is 17.5. The number of benzene rings is 8. The normalized spacial score (nSPS) is 11.7. The quantitative estimate of drug-likeness (QED) is 0.181. The molecule has 10 aromatic rings. The average molecular weight is 643 g/mol. The minimum Gasteiger partial charge on any atom is -0.310 e. The molecule has 0 N–H and O–H groups in total. The van der Waals surface area contributed by atoms with Gasteiger partial charge in [0, 0.05) is 53.7 Å². The number of aromatic nitrogens is 1. The highest BCUT2D eigenvalue weighted by molar-refractivity contribution is 7.25. The second-order valence-electron chi connectivity index (χ2n) is 12.6. The van der Waals surface area contributed by atoms with E-state index in [1.165, 1.54) is 63.9 Å². The number of nitrogens with zero attached hydrogens (tertiary/aromatic N) is 2. The molecule has 0 bridgehead atoms. The molecule has 0 aliphatic rings. The van der Waals surface area contributed by atoms with E-state index in [4.69, 9.17) is 0 Å². The van der Waals surface area contributed by atoms with Gasteiger partial charge < -0.3 is 9.47 Å². The SMILES string of the molecule is c1ccc(-c2cccc(N(c3ccc4sc5cc6ccccc6cc5c4c3)c3ccc4c(c3)c3ccccc3n4-c3ccccc3)c2)cc1. The van der Waals surface area contributed by atoms with Crippen molar-refractivity contribution in [3.05, 3.63) is 182 Å². The number of fused-ring (bicyclic) bond motifs is 7. The Hall–Kier alpha value is -6.16. The first-order chi connectivity index (χ1) is 24.3. The first-order valence-electron chi connectivity index (χ1n) is 16.7. The van der Waals surface area contributed by atoms with Crippen molar-refractivity contribution in [2.75, 3.05) is 4.90 Å². The molecule has 0 radical (unpaired) electrons. The fourth-order valence-electron chi connectivity index (χ4n) is 7.45. The van der Waals surface area contributed by atoms with Crippen LogP contribution in [-0.4, -0.2) is 4.57 Å². The molecule has 230 valence electrons. The van der Waals surface area contributed by atoms with Gasteiger partial charge in [-0.15, -0.1) is 11.3 Å². The molecule has 0 saturated carbocycles. The second-order valence-corrected chi connectivity index (χ2v) is 13.7. The first kappa shape index (κ1) is 27.9. The van der Waals surface area contributed by atoms with Crippen molar-refractivity contribution < 1.29 is 0 Å². The zero-order valence-corrected chi connectivity index (χ0v) is 27.4. The molecule has 0 spiro atoms. The summed E-state index contributed by atoms with van der Waals surface area (Å²) in [6, 6.07) is 66.3. The Bertz CT molecular complexity index is 2830. The molecular weight excluding hydrogens is 613 g/mol. The highest BCUT2D eigenvalue weighted by atomic mass is 32.1. The molecule has 2 heterocycles. The number of hydrogen-bond acceptors (Lipinski definition) is 2. The lowest BCUT2D eigenvalue weighted by Gasteiger charge is -2.26. The predicted molar refractivity (Wildman–Crippen MR) is 211 cm³/mol. The van der Waals surface area contributed by atoms with E-state index in [2.05, 4.69) is 191 Å². The highest BCUT2D eigenvalue weighted by Crippen LogP contribution is 2.44. The van der Waals surface area contributed by atoms with Gasteiger partial charge in [0.25, 0.3) is 0 Å². The molecule has 0 fully saturated rings. The topological polar surface area (TPSA) is 8.17 Å². The number of para-hydroxylation sites is 2. The molecule has 0 unspecified atom stereocenters. The van der Waals surface area contributed by atoms with Crippen LogP contribution in [0, 0.1) is 0 Å². The Morgan fingerprint density at radius 2 is 0.980 bits per heavy atom. The van der Waals surface area contributed by atoms with E-state index in [9.17, 15) is 0 Å². The third-order valence-corrected chi connectivity index (χ3v) is 10.9. The molecule has 3 heteroatoms. The molecule has 0 aliphatic carbocycles. The van der Waals surface area contributed by atoms with Crippen molar-refractivity contribution in [2.24, 2.45) is 0 Å². The number of rotatable bonds is 5. The van der Waals surface area contributed by atoms with Crippen molar-refractivity contribution in [1.82, 2.24) is 4.57 Å². The summed E-state index contributed by atoms with van der Waals surface area (Å²) >= 11 is 1.87. The Kier molecular flexibility index (Phi) is 6.39. The van der Waals surface area contributed by atoms with Crippen LogP contribution in [0.1, 0.15) is 0 Å². The van der Waals surface area contributed by atoms with Gasteiger partial charge in [0.05, 0.1) is 11.0 Å². The fraction of sp³-hybridized carbons (Fsp3) is 0. The van der Waals surface area contributed by atoms with Gasteiger partial charge in [-0.2, -0.15) is 0 Å². The van der Waals surface area contributed by atoms with Crippen LogP contribution in [0.15, 0.2) is 182 Å². The van der Waals surface area contributed by atoms with Gasteiger partial charge in [-0.25, -0.2) is 0 Å². The summed E-state index contributed by atoms with van der Waals surface area (Å²) in [6.45, 7) is 0. The Labute approximate surface area is 288 Å². The van der Waals surface area contributed by atoms with E-state index in [1.54, 1.807) is 0 Å². The van der Waals surface area contributed by atoms with Crippen LogP contribution in [-0.2, 0) is 0 Å². The minimum absolute atomic E-state index is 1.12. The molecular formula is C46H30N2S. The number of thiophene rings is 1. The smallest absolute Gasteiger partial charge is 0.0542 e. The molecule has 2 nitrogen and oxygen atoms in total. The summed E-state index contributed by atoms with van der Waals surface area (Å²) in [4.78, 5) is 2.42. The maximum absolute atomic E-state index is 2.42. The predicted octanol–water partition coefficient (Wildman–Crippen LogP) is 13.4. The standard InChI is InChI=1S/C46H30N2S/c1-3-12-31(13-4-1)32-16-11-19-36(26-32)47(38-23-25-45-42(30-38)41-27-33-14-7-8-15-34(33)28-46(41)49-45)37-22-24-44-40(29-37)39-20-9-10-21-43(39)48(44)35-17-5-2-6-18-35/h1-30H. The van der Waals surface area contributed by atoms with E-state index in [-0.39, 0.29) is 0 Å². The lowest BCUT2D eigenvalue weighted by molar-refractivity contribution is 1.18. The van der Waals surface area contributed by atoms with Gasteiger partial charge in [0.1, 0.15) is 0 Å².